The number of hydrogen-bond donors (Lipinski definition) is 1. The second-order valence-corrected chi connectivity index (χ2v) is 4.07. The highest BCUT2D eigenvalue weighted by Crippen LogP contribution is 2.52. The lowest BCUT2D eigenvalue weighted by Gasteiger charge is -2.23. The fourth-order valence-electron chi connectivity index (χ4n) is 2.47. The molecule has 3 nitrogen and oxygen atoms in total. The van der Waals surface area contributed by atoms with E-state index >= 15 is 0 Å². The summed E-state index contributed by atoms with van der Waals surface area (Å²) in [5.74, 6) is 0.548. The van der Waals surface area contributed by atoms with Crippen LogP contribution in [0.4, 0.5) is 0 Å². The number of nitriles is 1. The number of carbonyl (C=O) groups excluding carboxylic acids is 1. The zero-order valence-corrected chi connectivity index (χ0v) is 7.84. The van der Waals surface area contributed by atoms with Gasteiger partial charge in [-0.05, 0) is 25.2 Å². The Balaban J connectivity index is 2.33. The van der Waals surface area contributed by atoms with Gasteiger partial charge in [0.1, 0.15) is 5.41 Å². The van der Waals surface area contributed by atoms with E-state index in [1.807, 2.05) is 0 Å². The maximum atomic E-state index is 11.6. The lowest BCUT2D eigenvalue weighted by Crippen LogP contribution is -2.35. The predicted molar refractivity (Wildman–Crippen MR) is 47.6 cm³/mol. The molecular weight excluding hydrogens is 164 g/mol. The number of nitrogens with one attached hydrogen (secondary N) is 1. The summed E-state index contributed by atoms with van der Waals surface area (Å²) in [5.41, 5.74) is -0.672. The van der Waals surface area contributed by atoms with Crippen LogP contribution in [0.3, 0.4) is 0 Å². The smallest absolute Gasteiger partial charge is 0.241 e. The van der Waals surface area contributed by atoms with E-state index in [0.717, 1.165) is 19.3 Å². The van der Waals surface area contributed by atoms with Gasteiger partial charge in [0, 0.05) is 12.5 Å². The van der Waals surface area contributed by atoms with Crippen molar-refractivity contribution in [3.05, 3.63) is 0 Å². The highest BCUT2D eigenvalue weighted by molar-refractivity contribution is 5.88. The van der Waals surface area contributed by atoms with E-state index in [0.29, 0.717) is 12.5 Å². The lowest BCUT2D eigenvalue weighted by molar-refractivity contribution is -0.127. The molecule has 0 spiro atoms. The van der Waals surface area contributed by atoms with Crippen LogP contribution < -0.4 is 5.32 Å². The molecule has 1 saturated heterocycles. The molecule has 1 N–H and O–H groups in total. The second-order valence-electron chi connectivity index (χ2n) is 4.07. The largest absolute Gasteiger partial charge is 0.354 e. The first-order chi connectivity index (χ1) is 6.25. The number of hydrogen-bond acceptors (Lipinski definition) is 2. The zero-order valence-electron chi connectivity index (χ0n) is 7.84. The molecule has 0 aromatic heterocycles. The van der Waals surface area contributed by atoms with Crippen molar-refractivity contribution in [1.29, 1.82) is 5.26 Å². The van der Waals surface area contributed by atoms with E-state index < -0.39 is 5.41 Å². The van der Waals surface area contributed by atoms with E-state index in [1.54, 1.807) is 0 Å². The molecule has 2 atom stereocenters. The molecule has 0 bridgehead atoms. The fourth-order valence-corrected chi connectivity index (χ4v) is 2.47. The molecule has 1 saturated carbocycles. The normalized spacial score (nSPS) is 38.5. The third kappa shape index (κ3) is 0.980. The topological polar surface area (TPSA) is 52.9 Å². The maximum absolute atomic E-state index is 11.6. The minimum atomic E-state index is -0.672. The summed E-state index contributed by atoms with van der Waals surface area (Å²) < 4.78 is 0. The molecular formula is C10H14N2O. The first-order valence-corrected chi connectivity index (χ1v) is 4.95. The van der Waals surface area contributed by atoms with Gasteiger partial charge in [-0.25, -0.2) is 0 Å². The average Bonchev–Trinajstić information content (AvgIpc) is 2.92. The van der Waals surface area contributed by atoms with Gasteiger partial charge in [0.25, 0.3) is 0 Å². The lowest BCUT2D eigenvalue weighted by atomic mass is 9.73. The SMILES string of the molecule is CCC1CNC(=O)[C@]1(C#N)C1CC1. The molecule has 1 amide bonds. The summed E-state index contributed by atoms with van der Waals surface area (Å²) in [5, 5.41) is 12.0. The van der Waals surface area contributed by atoms with Crippen LogP contribution in [-0.2, 0) is 4.79 Å². The van der Waals surface area contributed by atoms with Crippen molar-refractivity contribution in [2.24, 2.45) is 17.3 Å². The third-order valence-corrected chi connectivity index (χ3v) is 3.43. The second kappa shape index (κ2) is 2.73. The van der Waals surface area contributed by atoms with Crippen LogP contribution in [0, 0.1) is 28.6 Å². The van der Waals surface area contributed by atoms with Crippen LogP contribution in [0.2, 0.25) is 0 Å². The Kier molecular flexibility index (Phi) is 1.80. The molecule has 3 heteroatoms. The van der Waals surface area contributed by atoms with E-state index in [2.05, 4.69) is 18.3 Å². The number of amides is 1. The predicted octanol–water partition coefficient (Wildman–Crippen LogP) is 1.06. The Morgan fingerprint density at radius 3 is 2.85 bits per heavy atom. The standard InChI is InChI=1S/C10H14N2O/c1-2-7-5-12-9(13)10(7,6-11)8-3-4-8/h7-8H,2-5H2,1H3,(H,12,13)/t7?,10-/m0/s1. The van der Waals surface area contributed by atoms with Crippen LogP contribution in [-0.4, -0.2) is 12.5 Å². The van der Waals surface area contributed by atoms with Crippen molar-refractivity contribution in [1.82, 2.24) is 5.32 Å². The molecule has 0 aromatic rings. The van der Waals surface area contributed by atoms with Gasteiger partial charge in [-0.1, -0.05) is 6.92 Å². The maximum Gasteiger partial charge on any atom is 0.241 e. The van der Waals surface area contributed by atoms with Crippen LogP contribution in [0.5, 0.6) is 0 Å². The van der Waals surface area contributed by atoms with Gasteiger partial charge in [0.2, 0.25) is 5.91 Å². The summed E-state index contributed by atoms with van der Waals surface area (Å²) in [6.45, 7) is 2.75. The van der Waals surface area contributed by atoms with Crippen molar-refractivity contribution < 1.29 is 4.79 Å². The first-order valence-electron chi connectivity index (χ1n) is 4.95. The van der Waals surface area contributed by atoms with E-state index in [4.69, 9.17) is 0 Å². The molecule has 13 heavy (non-hydrogen) atoms. The summed E-state index contributed by atoms with van der Waals surface area (Å²) in [6, 6.07) is 2.28. The minimum Gasteiger partial charge on any atom is -0.354 e. The molecule has 0 radical (unpaired) electrons. The highest BCUT2D eigenvalue weighted by Gasteiger charge is 2.58. The van der Waals surface area contributed by atoms with E-state index in [1.165, 1.54) is 0 Å². The molecule has 2 rings (SSSR count). The van der Waals surface area contributed by atoms with E-state index in [-0.39, 0.29) is 11.8 Å². The Morgan fingerprint density at radius 1 is 1.69 bits per heavy atom. The molecule has 70 valence electrons. The van der Waals surface area contributed by atoms with Crippen molar-refractivity contribution >= 4 is 5.91 Å². The van der Waals surface area contributed by atoms with Crippen molar-refractivity contribution in [3.8, 4) is 6.07 Å². The summed E-state index contributed by atoms with van der Waals surface area (Å²) in [4.78, 5) is 11.6. The Hall–Kier alpha value is -1.04. The van der Waals surface area contributed by atoms with Gasteiger partial charge in [-0.3, -0.25) is 4.79 Å². The summed E-state index contributed by atoms with van der Waals surface area (Å²) >= 11 is 0. The van der Waals surface area contributed by atoms with Crippen molar-refractivity contribution in [2.75, 3.05) is 6.54 Å². The Labute approximate surface area is 78.1 Å². The van der Waals surface area contributed by atoms with Gasteiger partial charge in [-0.2, -0.15) is 5.26 Å². The van der Waals surface area contributed by atoms with Gasteiger partial charge < -0.3 is 5.32 Å². The molecule has 1 aliphatic heterocycles. The number of carbonyl (C=O) groups is 1. The zero-order chi connectivity index (χ0) is 9.47. The number of nitrogens with zero attached hydrogens (tertiary/aromatic N) is 1. The monoisotopic (exact) mass is 178 g/mol. The first kappa shape index (κ1) is 8.55. The van der Waals surface area contributed by atoms with Crippen LogP contribution >= 0.6 is 0 Å². The quantitative estimate of drug-likeness (QED) is 0.687. The molecule has 2 aliphatic rings. The minimum absolute atomic E-state index is 0.0237. The highest BCUT2D eigenvalue weighted by atomic mass is 16.2. The molecule has 1 heterocycles. The van der Waals surface area contributed by atoms with Crippen LogP contribution in [0.1, 0.15) is 26.2 Å². The Bertz CT molecular complexity index is 277. The summed E-state index contributed by atoms with van der Waals surface area (Å²) in [7, 11) is 0. The van der Waals surface area contributed by atoms with Gasteiger partial charge in [-0.15, -0.1) is 0 Å². The van der Waals surface area contributed by atoms with E-state index in [9.17, 15) is 10.1 Å². The number of rotatable bonds is 2. The molecule has 0 aromatic carbocycles. The van der Waals surface area contributed by atoms with Gasteiger partial charge in [0.15, 0.2) is 0 Å². The fraction of sp³-hybridized carbons (Fsp3) is 0.800. The molecule has 1 aliphatic carbocycles. The summed E-state index contributed by atoms with van der Waals surface area (Å²) in [6.07, 6.45) is 3.03. The molecule has 2 fully saturated rings. The van der Waals surface area contributed by atoms with Crippen LogP contribution in [0.25, 0.3) is 0 Å². The van der Waals surface area contributed by atoms with Crippen LogP contribution in [0.15, 0.2) is 0 Å². The average molecular weight is 178 g/mol. The Morgan fingerprint density at radius 2 is 2.38 bits per heavy atom. The third-order valence-electron chi connectivity index (χ3n) is 3.43. The molecule has 1 unspecified atom stereocenters. The van der Waals surface area contributed by atoms with Gasteiger partial charge in [0.05, 0.1) is 6.07 Å². The van der Waals surface area contributed by atoms with Gasteiger partial charge >= 0.3 is 0 Å². The van der Waals surface area contributed by atoms with Crippen molar-refractivity contribution in [3.63, 3.8) is 0 Å². The van der Waals surface area contributed by atoms with Crippen molar-refractivity contribution in [2.45, 2.75) is 26.2 Å².